The molecule has 0 fully saturated rings. The zero-order valence-corrected chi connectivity index (χ0v) is 12.1. The highest BCUT2D eigenvalue weighted by molar-refractivity contribution is 5.92. The van der Waals surface area contributed by atoms with E-state index in [-0.39, 0.29) is 11.9 Å². The summed E-state index contributed by atoms with van der Waals surface area (Å²) in [7, 11) is 3.19. The van der Waals surface area contributed by atoms with E-state index < -0.39 is 0 Å². The Hall–Kier alpha value is -2.56. The standard InChI is InChI=1S/C16H18N2O3/c1-18-11-3-4-14(18)15(19)17-10-9-12-5-7-13(8-6-12)16(20)21-2/h3-8,11H,9-10H2,1-2H3,(H,17,19). The van der Waals surface area contributed by atoms with Crippen LogP contribution in [0.5, 0.6) is 0 Å². The van der Waals surface area contributed by atoms with Crippen LogP contribution in [0.2, 0.25) is 0 Å². The molecule has 110 valence electrons. The topological polar surface area (TPSA) is 60.3 Å². The largest absolute Gasteiger partial charge is 0.465 e. The monoisotopic (exact) mass is 286 g/mol. The molecule has 1 aromatic carbocycles. The van der Waals surface area contributed by atoms with E-state index in [1.807, 2.05) is 31.4 Å². The Morgan fingerprint density at radius 1 is 1.19 bits per heavy atom. The first-order chi connectivity index (χ1) is 10.1. The van der Waals surface area contributed by atoms with Crippen molar-refractivity contribution in [1.82, 2.24) is 9.88 Å². The normalized spacial score (nSPS) is 10.2. The zero-order chi connectivity index (χ0) is 15.2. The molecular weight excluding hydrogens is 268 g/mol. The van der Waals surface area contributed by atoms with E-state index in [2.05, 4.69) is 10.1 Å². The Bertz CT molecular complexity index is 629. The van der Waals surface area contributed by atoms with Crippen molar-refractivity contribution < 1.29 is 14.3 Å². The first kappa shape index (κ1) is 14.8. The van der Waals surface area contributed by atoms with Gasteiger partial charge in [0.1, 0.15) is 5.69 Å². The number of aromatic nitrogens is 1. The van der Waals surface area contributed by atoms with Crippen LogP contribution in [0, 0.1) is 0 Å². The summed E-state index contributed by atoms with van der Waals surface area (Å²) in [5, 5.41) is 2.87. The summed E-state index contributed by atoms with van der Waals surface area (Å²) in [4.78, 5) is 23.2. The molecule has 1 amide bonds. The number of benzene rings is 1. The minimum atomic E-state index is -0.349. The van der Waals surface area contributed by atoms with Crippen LogP contribution in [0.15, 0.2) is 42.6 Å². The number of hydrogen-bond donors (Lipinski definition) is 1. The van der Waals surface area contributed by atoms with Gasteiger partial charge in [-0.25, -0.2) is 4.79 Å². The van der Waals surface area contributed by atoms with E-state index in [0.717, 1.165) is 5.56 Å². The second kappa shape index (κ2) is 6.74. The molecule has 2 rings (SSSR count). The number of nitrogens with one attached hydrogen (secondary N) is 1. The first-order valence-electron chi connectivity index (χ1n) is 6.68. The SMILES string of the molecule is COC(=O)c1ccc(CCNC(=O)c2cccn2C)cc1. The van der Waals surface area contributed by atoms with E-state index >= 15 is 0 Å². The lowest BCUT2D eigenvalue weighted by atomic mass is 10.1. The molecule has 0 saturated carbocycles. The van der Waals surface area contributed by atoms with E-state index in [9.17, 15) is 9.59 Å². The van der Waals surface area contributed by atoms with E-state index in [4.69, 9.17) is 0 Å². The summed E-state index contributed by atoms with van der Waals surface area (Å²) < 4.78 is 6.42. The van der Waals surface area contributed by atoms with Crippen molar-refractivity contribution in [2.45, 2.75) is 6.42 Å². The molecule has 0 aliphatic carbocycles. The molecule has 0 spiro atoms. The second-order valence-corrected chi connectivity index (χ2v) is 4.70. The third-order valence-corrected chi connectivity index (χ3v) is 3.25. The lowest BCUT2D eigenvalue weighted by Crippen LogP contribution is -2.27. The maximum atomic E-state index is 11.9. The van der Waals surface area contributed by atoms with Crippen LogP contribution in [-0.4, -0.2) is 30.1 Å². The van der Waals surface area contributed by atoms with E-state index in [1.54, 1.807) is 22.8 Å². The molecular formula is C16H18N2O3. The molecule has 1 heterocycles. The summed E-state index contributed by atoms with van der Waals surface area (Å²) in [6.45, 7) is 0.543. The molecule has 0 aliphatic rings. The van der Waals surface area contributed by atoms with Gasteiger partial charge in [-0.2, -0.15) is 0 Å². The molecule has 0 unspecified atom stereocenters. The van der Waals surface area contributed by atoms with Gasteiger partial charge in [0.15, 0.2) is 0 Å². The van der Waals surface area contributed by atoms with Gasteiger partial charge < -0.3 is 14.6 Å². The Kier molecular flexibility index (Phi) is 4.77. The van der Waals surface area contributed by atoms with Crippen molar-refractivity contribution in [1.29, 1.82) is 0 Å². The van der Waals surface area contributed by atoms with Gasteiger partial charge in [0, 0.05) is 19.8 Å². The fourth-order valence-electron chi connectivity index (χ4n) is 2.03. The number of carbonyl (C=O) groups is 2. The maximum absolute atomic E-state index is 11.9. The number of esters is 1. The molecule has 0 atom stereocenters. The minimum Gasteiger partial charge on any atom is -0.465 e. The average molecular weight is 286 g/mol. The summed E-state index contributed by atoms with van der Waals surface area (Å²) >= 11 is 0. The molecule has 5 nitrogen and oxygen atoms in total. The van der Waals surface area contributed by atoms with Crippen molar-refractivity contribution in [2.24, 2.45) is 7.05 Å². The van der Waals surface area contributed by atoms with Crippen molar-refractivity contribution in [3.05, 3.63) is 59.4 Å². The predicted octanol–water partition coefficient (Wildman–Crippen LogP) is 1.78. The highest BCUT2D eigenvalue weighted by Crippen LogP contribution is 2.06. The number of aryl methyl sites for hydroxylation is 1. The van der Waals surface area contributed by atoms with E-state index in [0.29, 0.717) is 24.2 Å². The van der Waals surface area contributed by atoms with Crippen LogP contribution in [0.25, 0.3) is 0 Å². The molecule has 0 aliphatic heterocycles. The minimum absolute atomic E-state index is 0.0892. The molecule has 1 N–H and O–H groups in total. The van der Waals surface area contributed by atoms with Crippen LogP contribution in [-0.2, 0) is 18.2 Å². The fraction of sp³-hybridized carbons (Fsp3) is 0.250. The van der Waals surface area contributed by atoms with Crippen molar-refractivity contribution in [2.75, 3.05) is 13.7 Å². The lowest BCUT2D eigenvalue weighted by molar-refractivity contribution is 0.0600. The smallest absolute Gasteiger partial charge is 0.337 e. The Labute approximate surface area is 123 Å². The number of methoxy groups -OCH3 is 1. The maximum Gasteiger partial charge on any atom is 0.337 e. The van der Waals surface area contributed by atoms with Gasteiger partial charge in [-0.3, -0.25) is 4.79 Å². The van der Waals surface area contributed by atoms with Crippen LogP contribution in [0.3, 0.4) is 0 Å². The van der Waals surface area contributed by atoms with Gasteiger partial charge in [-0.05, 0) is 36.2 Å². The second-order valence-electron chi connectivity index (χ2n) is 4.70. The molecule has 1 aromatic heterocycles. The molecule has 0 radical (unpaired) electrons. The summed E-state index contributed by atoms with van der Waals surface area (Å²) in [6.07, 6.45) is 2.54. The lowest BCUT2D eigenvalue weighted by Gasteiger charge is -2.07. The van der Waals surface area contributed by atoms with Crippen LogP contribution < -0.4 is 5.32 Å². The van der Waals surface area contributed by atoms with Crippen molar-refractivity contribution in [3.63, 3.8) is 0 Å². The van der Waals surface area contributed by atoms with Crippen molar-refractivity contribution in [3.8, 4) is 0 Å². The Balaban J connectivity index is 1.85. The number of nitrogens with zero attached hydrogens (tertiary/aromatic N) is 1. The molecule has 2 aromatic rings. The molecule has 21 heavy (non-hydrogen) atoms. The quantitative estimate of drug-likeness (QED) is 0.852. The van der Waals surface area contributed by atoms with Gasteiger partial charge in [-0.15, -0.1) is 0 Å². The fourth-order valence-corrected chi connectivity index (χ4v) is 2.03. The molecule has 5 heteroatoms. The van der Waals surface area contributed by atoms with Gasteiger partial charge in [0.2, 0.25) is 0 Å². The Morgan fingerprint density at radius 2 is 1.90 bits per heavy atom. The Morgan fingerprint density at radius 3 is 2.48 bits per heavy atom. The summed E-state index contributed by atoms with van der Waals surface area (Å²) in [5.41, 5.74) is 2.21. The van der Waals surface area contributed by atoms with Gasteiger partial charge >= 0.3 is 5.97 Å². The third-order valence-electron chi connectivity index (χ3n) is 3.25. The van der Waals surface area contributed by atoms with Crippen LogP contribution in [0.4, 0.5) is 0 Å². The van der Waals surface area contributed by atoms with Crippen LogP contribution >= 0.6 is 0 Å². The predicted molar refractivity (Wildman–Crippen MR) is 79.2 cm³/mol. The van der Waals surface area contributed by atoms with Gasteiger partial charge in [-0.1, -0.05) is 12.1 Å². The first-order valence-corrected chi connectivity index (χ1v) is 6.68. The number of amides is 1. The average Bonchev–Trinajstić information content (AvgIpc) is 2.93. The molecule has 0 saturated heterocycles. The van der Waals surface area contributed by atoms with Gasteiger partial charge in [0.25, 0.3) is 5.91 Å². The highest BCUT2D eigenvalue weighted by Gasteiger charge is 2.08. The van der Waals surface area contributed by atoms with Crippen LogP contribution in [0.1, 0.15) is 26.4 Å². The molecule has 0 bridgehead atoms. The summed E-state index contributed by atoms with van der Waals surface area (Å²) in [5.74, 6) is -0.438. The number of carbonyl (C=O) groups excluding carboxylic acids is 2. The summed E-state index contributed by atoms with van der Waals surface area (Å²) in [6, 6.07) is 10.8. The number of rotatable bonds is 5. The third kappa shape index (κ3) is 3.72. The number of hydrogen-bond acceptors (Lipinski definition) is 3. The van der Waals surface area contributed by atoms with Crippen molar-refractivity contribution >= 4 is 11.9 Å². The zero-order valence-electron chi connectivity index (χ0n) is 12.1. The van der Waals surface area contributed by atoms with Gasteiger partial charge in [0.05, 0.1) is 12.7 Å². The number of ether oxygens (including phenoxy) is 1. The van der Waals surface area contributed by atoms with E-state index in [1.165, 1.54) is 7.11 Å². The highest BCUT2D eigenvalue weighted by atomic mass is 16.5.